The molecule has 0 heterocycles. The minimum Gasteiger partial charge on any atom is -0.0842 e. The molecular formula is C42H34. The van der Waals surface area contributed by atoms with Crippen molar-refractivity contribution in [2.24, 2.45) is 11.8 Å². The van der Waals surface area contributed by atoms with Gasteiger partial charge in [0.05, 0.1) is 0 Å². The molecule has 0 nitrogen and oxygen atoms in total. The Kier molecular flexibility index (Phi) is 6.34. The van der Waals surface area contributed by atoms with E-state index in [1.165, 1.54) is 66.1 Å². The Morgan fingerprint density at radius 1 is 0.524 bits per heavy atom. The number of hydrogen-bond acceptors (Lipinski definition) is 0. The molecule has 0 heteroatoms. The first kappa shape index (κ1) is 25.1. The molecule has 0 saturated carbocycles. The molecule has 4 aliphatic rings. The maximum absolute atomic E-state index is 2.49. The molecule has 4 aromatic rings. The molecule has 4 aliphatic carbocycles. The summed E-state index contributed by atoms with van der Waals surface area (Å²) in [6, 6.07) is 36.3. The van der Waals surface area contributed by atoms with Crippen LogP contribution in [0.2, 0.25) is 0 Å². The molecule has 0 fully saturated rings. The smallest absolute Gasteiger partial charge is 0.0137 e. The van der Waals surface area contributed by atoms with E-state index in [-0.39, 0.29) is 0 Å². The van der Waals surface area contributed by atoms with E-state index in [0.717, 1.165) is 25.7 Å². The summed E-state index contributed by atoms with van der Waals surface area (Å²) in [7, 11) is 0. The second kappa shape index (κ2) is 10.6. The summed E-state index contributed by atoms with van der Waals surface area (Å²) in [6.07, 6.45) is 23.0. The largest absolute Gasteiger partial charge is 0.0842 e. The summed E-state index contributed by atoms with van der Waals surface area (Å²) in [5, 5.41) is 2.74. The monoisotopic (exact) mass is 538 g/mol. The zero-order chi connectivity index (χ0) is 27.9. The van der Waals surface area contributed by atoms with Crippen LogP contribution in [0.3, 0.4) is 0 Å². The van der Waals surface area contributed by atoms with Crippen molar-refractivity contribution in [3.63, 3.8) is 0 Å². The number of aryl methyl sites for hydroxylation is 1. The summed E-state index contributed by atoms with van der Waals surface area (Å²) in [5.74, 6) is 0.589. The SMILES string of the molecule is C1=CCCC(c2ccccc2C2=c3ccccc3=C(c3ccc4c(c3)CCC(c3ccccc3)=C4)C3C=CC=CC23)=C1. The predicted molar refractivity (Wildman–Crippen MR) is 178 cm³/mol. The lowest BCUT2D eigenvalue weighted by Crippen LogP contribution is -2.40. The lowest BCUT2D eigenvalue weighted by molar-refractivity contribution is 0.686. The lowest BCUT2D eigenvalue weighted by atomic mass is 9.69. The van der Waals surface area contributed by atoms with Crippen molar-refractivity contribution in [2.45, 2.75) is 25.7 Å². The standard InChI is InChI=1S/C42H34/c1-3-13-29(14-4-1)31-23-24-33-28-34(26-25-32(33)27-31)41-37-19-9-11-21-39(37)42(40-22-12-10-20-38(40)41)36-18-8-7-17-35(36)30-15-5-2-6-16-30/h1-5,7-15,17-22,25-28,37,39H,6,16,23-24H2. The fourth-order valence-electron chi connectivity index (χ4n) is 7.51. The lowest BCUT2D eigenvalue weighted by Gasteiger charge is -2.34. The van der Waals surface area contributed by atoms with Gasteiger partial charge in [0.2, 0.25) is 0 Å². The fourth-order valence-corrected chi connectivity index (χ4v) is 7.51. The average Bonchev–Trinajstić information content (AvgIpc) is 3.07. The summed E-state index contributed by atoms with van der Waals surface area (Å²) in [6.45, 7) is 0. The van der Waals surface area contributed by atoms with Gasteiger partial charge in [-0.05, 0) is 91.8 Å². The van der Waals surface area contributed by atoms with Crippen LogP contribution in [0.25, 0.3) is 28.4 Å². The second-order valence-corrected chi connectivity index (χ2v) is 11.8. The van der Waals surface area contributed by atoms with Crippen LogP contribution in [-0.2, 0) is 6.42 Å². The topological polar surface area (TPSA) is 0 Å². The Labute approximate surface area is 248 Å². The third-order valence-electron chi connectivity index (χ3n) is 9.48. The average molecular weight is 539 g/mol. The molecule has 0 bridgehead atoms. The maximum atomic E-state index is 2.49. The molecule has 42 heavy (non-hydrogen) atoms. The van der Waals surface area contributed by atoms with Gasteiger partial charge in [0.1, 0.15) is 0 Å². The Morgan fingerprint density at radius 3 is 2.02 bits per heavy atom. The summed E-state index contributed by atoms with van der Waals surface area (Å²) < 4.78 is 0. The third-order valence-corrected chi connectivity index (χ3v) is 9.48. The van der Waals surface area contributed by atoms with E-state index < -0.39 is 0 Å². The van der Waals surface area contributed by atoms with Gasteiger partial charge in [-0.2, -0.15) is 0 Å². The van der Waals surface area contributed by atoms with Gasteiger partial charge in [-0.3, -0.25) is 0 Å². The molecule has 202 valence electrons. The molecule has 0 saturated heterocycles. The molecule has 0 radical (unpaired) electrons. The molecular weight excluding hydrogens is 504 g/mol. The van der Waals surface area contributed by atoms with Crippen LogP contribution in [0.5, 0.6) is 0 Å². The van der Waals surface area contributed by atoms with Gasteiger partial charge in [0, 0.05) is 11.8 Å². The number of benzene rings is 4. The van der Waals surface area contributed by atoms with E-state index in [2.05, 4.69) is 146 Å². The zero-order valence-electron chi connectivity index (χ0n) is 23.8. The van der Waals surface area contributed by atoms with E-state index in [1.807, 2.05) is 0 Å². The Morgan fingerprint density at radius 2 is 1.24 bits per heavy atom. The van der Waals surface area contributed by atoms with Gasteiger partial charge in [0.25, 0.3) is 0 Å². The van der Waals surface area contributed by atoms with E-state index in [4.69, 9.17) is 0 Å². The van der Waals surface area contributed by atoms with E-state index in [1.54, 1.807) is 0 Å². The van der Waals surface area contributed by atoms with Crippen molar-refractivity contribution in [1.82, 2.24) is 0 Å². The second-order valence-electron chi connectivity index (χ2n) is 11.8. The number of rotatable bonds is 4. The van der Waals surface area contributed by atoms with Crippen molar-refractivity contribution < 1.29 is 0 Å². The summed E-state index contributed by atoms with van der Waals surface area (Å²) in [4.78, 5) is 0. The predicted octanol–water partition coefficient (Wildman–Crippen LogP) is 8.68. The highest BCUT2D eigenvalue weighted by atomic mass is 14.4. The minimum atomic E-state index is 0.293. The van der Waals surface area contributed by atoms with Crippen molar-refractivity contribution in [1.29, 1.82) is 0 Å². The highest BCUT2D eigenvalue weighted by Gasteiger charge is 2.33. The van der Waals surface area contributed by atoms with Crippen molar-refractivity contribution in [3.05, 3.63) is 183 Å². The van der Waals surface area contributed by atoms with Crippen LogP contribution in [0.1, 0.15) is 52.6 Å². The molecule has 8 rings (SSSR count). The van der Waals surface area contributed by atoms with Crippen LogP contribution in [0.4, 0.5) is 0 Å². The summed E-state index contributed by atoms with van der Waals surface area (Å²) in [5.41, 5.74) is 14.1. The van der Waals surface area contributed by atoms with Gasteiger partial charge in [0.15, 0.2) is 0 Å². The normalized spacial score (nSPS) is 20.4. The molecule has 0 aromatic heterocycles. The first-order valence-electron chi connectivity index (χ1n) is 15.4. The van der Waals surface area contributed by atoms with E-state index in [9.17, 15) is 0 Å². The highest BCUT2D eigenvalue weighted by Crippen LogP contribution is 2.43. The maximum Gasteiger partial charge on any atom is 0.0137 e. The third kappa shape index (κ3) is 4.30. The van der Waals surface area contributed by atoms with Crippen LogP contribution in [-0.4, -0.2) is 0 Å². The van der Waals surface area contributed by atoms with Crippen LogP contribution >= 0.6 is 0 Å². The number of hydrogen-bond donors (Lipinski definition) is 0. The van der Waals surface area contributed by atoms with E-state index in [0.29, 0.717) is 11.8 Å². The van der Waals surface area contributed by atoms with Gasteiger partial charge in [-0.1, -0.05) is 146 Å². The molecule has 0 N–H and O–H groups in total. The quantitative estimate of drug-likeness (QED) is 0.244. The van der Waals surface area contributed by atoms with Crippen molar-refractivity contribution in [3.8, 4) is 0 Å². The molecule has 4 aromatic carbocycles. The van der Waals surface area contributed by atoms with Crippen molar-refractivity contribution >= 4 is 28.4 Å². The Balaban J connectivity index is 1.33. The summed E-state index contributed by atoms with van der Waals surface area (Å²) >= 11 is 0. The van der Waals surface area contributed by atoms with Gasteiger partial charge >= 0.3 is 0 Å². The van der Waals surface area contributed by atoms with Gasteiger partial charge in [-0.15, -0.1) is 0 Å². The fraction of sp³-hybridized carbons (Fsp3) is 0.143. The molecule has 0 aliphatic heterocycles. The van der Waals surface area contributed by atoms with E-state index >= 15 is 0 Å². The zero-order valence-corrected chi connectivity index (χ0v) is 23.8. The van der Waals surface area contributed by atoms with Crippen molar-refractivity contribution in [2.75, 3.05) is 0 Å². The minimum absolute atomic E-state index is 0.293. The van der Waals surface area contributed by atoms with Crippen LogP contribution in [0.15, 0.2) is 140 Å². The Hall–Kier alpha value is -4.68. The van der Waals surface area contributed by atoms with Crippen LogP contribution in [0, 0.1) is 11.8 Å². The first-order chi connectivity index (χ1) is 20.8. The van der Waals surface area contributed by atoms with Gasteiger partial charge < -0.3 is 0 Å². The molecule has 2 atom stereocenters. The number of allylic oxidation sites excluding steroid dienone is 9. The Bertz CT molecular complexity index is 1970. The number of fused-ring (bicyclic) bond motifs is 3. The highest BCUT2D eigenvalue weighted by molar-refractivity contribution is 5.88. The molecule has 0 spiro atoms. The molecule has 2 unspecified atom stereocenters. The van der Waals surface area contributed by atoms with Crippen LogP contribution < -0.4 is 10.4 Å². The molecule has 0 amide bonds. The first-order valence-corrected chi connectivity index (χ1v) is 15.4. The van der Waals surface area contributed by atoms with Gasteiger partial charge in [-0.25, -0.2) is 0 Å².